The Morgan fingerprint density at radius 3 is 2.27 bits per heavy atom. The molecular weight excluding hydrogens is 416 g/mol. The topological polar surface area (TPSA) is 82.2 Å². The molecule has 7 nitrogen and oxygen atoms in total. The molecule has 0 aliphatic rings. The van der Waals surface area contributed by atoms with Gasteiger partial charge in [0.1, 0.15) is 43.4 Å². The third-order valence-corrected chi connectivity index (χ3v) is 5.01. The van der Waals surface area contributed by atoms with Crippen molar-refractivity contribution in [2.24, 2.45) is 0 Å². The Bertz CT molecular complexity index is 1320. The zero-order chi connectivity index (χ0) is 22.3. The Labute approximate surface area is 191 Å². The lowest BCUT2D eigenvalue weighted by molar-refractivity contribution is 0.288. The average Bonchev–Trinajstić information content (AvgIpc) is 3.40. The van der Waals surface area contributed by atoms with Crippen LogP contribution in [0.2, 0.25) is 0 Å². The quantitative estimate of drug-likeness (QED) is 0.345. The molecule has 0 fully saturated rings. The number of nitrogens with one attached hydrogen (secondary N) is 1. The predicted molar refractivity (Wildman–Crippen MR) is 124 cm³/mol. The van der Waals surface area contributed by atoms with Gasteiger partial charge in [0, 0.05) is 5.39 Å². The van der Waals surface area contributed by atoms with E-state index in [-0.39, 0.29) is 0 Å². The van der Waals surface area contributed by atoms with Crippen LogP contribution >= 0.6 is 0 Å². The third-order valence-electron chi connectivity index (χ3n) is 5.01. The molecule has 0 saturated heterocycles. The summed E-state index contributed by atoms with van der Waals surface area (Å²) in [4.78, 5) is 8.69. The minimum Gasteiger partial charge on any atom is -0.489 e. The van der Waals surface area contributed by atoms with Crippen molar-refractivity contribution in [2.45, 2.75) is 19.8 Å². The number of H-pyrrole nitrogens is 1. The zero-order valence-electron chi connectivity index (χ0n) is 17.8. The molecule has 5 rings (SSSR count). The fourth-order valence-electron chi connectivity index (χ4n) is 3.32. The van der Waals surface area contributed by atoms with Gasteiger partial charge in [-0.05, 0) is 54.1 Å². The summed E-state index contributed by atoms with van der Waals surface area (Å²) in [6.07, 6.45) is 1.46. The standard InChI is InChI=1S/C26H22N4O3/c1-2-7-25-20(5-1)8-9-21(29-25)16-32-23-12-10-22(11-13-23)31-15-19-4-3-6-24(14-19)33-17-26-27-18-28-30-26/h1-14,18H,15-17H2,(H,27,28,30). The van der Waals surface area contributed by atoms with E-state index in [9.17, 15) is 0 Å². The molecule has 3 aromatic carbocycles. The van der Waals surface area contributed by atoms with Gasteiger partial charge in [-0.25, -0.2) is 9.97 Å². The highest BCUT2D eigenvalue weighted by molar-refractivity contribution is 5.78. The van der Waals surface area contributed by atoms with Gasteiger partial charge in [-0.2, -0.15) is 5.10 Å². The van der Waals surface area contributed by atoms with Crippen LogP contribution in [0.5, 0.6) is 17.2 Å². The Hall–Kier alpha value is -4.39. The molecular formula is C26H22N4O3. The summed E-state index contributed by atoms with van der Waals surface area (Å²) >= 11 is 0. The first kappa shape index (κ1) is 20.5. The first-order valence-electron chi connectivity index (χ1n) is 10.6. The first-order chi connectivity index (χ1) is 16.3. The molecule has 0 saturated carbocycles. The lowest BCUT2D eigenvalue weighted by atomic mass is 10.2. The summed E-state index contributed by atoms with van der Waals surface area (Å²) in [6, 6.07) is 27.5. The molecule has 0 atom stereocenters. The SMILES string of the molecule is c1cc(COc2ccc(OCc3ccc4ccccc4n3)cc2)cc(OCc2ncn[nH]2)c1. The van der Waals surface area contributed by atoms with Gasteiger partial charge in [0.2, 0.25) is 0 Å². The summed E-state index contributed by atoms with van der Waals surface area (Å²) in [7, 11) is 0. The van der Waals surface area contributed by atoms with Crippen molar-refractivity contribution in [1.29, 1.82) is 0 Å². The maximum Gasteiger partial charge on any atom is 0.162 e. The second-order valence-corrected chi connectivity index (χ2v) is 7.41. The number of hydrogen-bond donors (Lipinski definition) is 1. The van der Waals surface area contributed by atoms with Gasteiger partial charge in [0.25, 0.3) is 0 Å². The fourth-order valence-corrected chi connectivity index (χ4v) is 3.32. The molecule has 5 aromatic rings. The number of para-hydroxylation sites is 1. The number of aromatic amines is 1. The van der Waals surface area contributed by atoms with E-state index in [0.29, 0.717) is 25.6 Å². The molecule has 0 bridgehead atoms. The van der Waals surface area contributed by atoms with Crippen LogP contribution in [0, 0.1) is 0 Å². The number of aromatic nitrogens is 4. The third kappa shape index (κ3) is 5.46. The molecule has 33 heavy (non-hydrogen) atoms. The number of rotatable bonds is 9. The molecule has 0 amide bonds. The van der Waals surface area contributed by atoms with Crippen molar-refractivity contribution in [3.63, 3.8) is 0 Å². The van der Waals surface area contributed by atoms with Crippen LogP contribution in [0.4, 0.5) is 0 Å². The normalized spacial score (nSPS) is 10.8. The molecule has 0 radical (unpaired) electrons. The molecule has 0 spiro atoms. The second kappa shape index (κ2) is 9.82. The molecule has 164 valence electrons. The van der Waals surface area contributed by atoms with E-state index in [1.165, 1.54) is 6.33 Å². The van der Waals surface area contributed by atoms with Crippen LogP contribution in [0.15, 0.2) is 91.3 Å². The summed E-state index contributed by atoms with van der Waals surface area (Å²) in [6.45, 7) is 1.17. The van der Waals surface area contributed by atoms with Crippen LogP contribution in [0.25, 0.3) is 10.9 Å². The number of hydrogen-bond acceptors (Lipinski definition) is 6. The lowest BCUT2D eigenvalue weighted by Gasteiger charge is -2.10. The number of pyridine rings is 1. The maximum atomic E-state index is 5.91. The first-order valence-corrected chi connectivity index (χ1v) is 10.6. The van der Waals surface area contributed by atoms with Crippen molar-refractivity contribution >= 4 is 10.9 Å². The Morgan fingerprint density at radius 1 is 0.667 bits per heavy atom. The van der Waals surface area contributed by atoms with Crippen molar-refractivity contribution in [3.8, 4) is 17.2 Å². The molecule has 2 heterocycles. The fraction of sp³-hybridized carbons (Fsp3) is 0.115. The highest BCUT2D eigenvalue weighted by Crippen LogP contribution is 2.21. The summed E-state index contributed by atoms with van der Waals surface area (Å²) in [5.74, 6) is 2.95. The van der Waals surface area contributed by atoms with E-state index >= 15 is 0 Å². The van der Waals surface area contributed by atoms with Crippen molar-refractivity contribution in [1.82, 2.24) is 20.2 Å². The zero-order valence-corrected chi connectivity index (χ0v) is 17.8. The largest absolute Gasteiger partial charge is 0.489 e. The van der Waals surface area contributed by atoms with E-state index in [0.717, 1.165) is 39.4 Å². The van der Waals surface area contributed by atoms with Crippen LogP contribution in [-0.2, 0) is 19.8 Å². The van der Waals surface area contributed by atoms with E-state index in [2.05, 4.69) is 26.2 Å². The van der Waals surface area contributed by atoms with E-state index in [1.54, 1.807) is 0 Å². The number of ether oxygens (including phenoxy) is 3. The van der Waals surface area contributed by atoms with Gasteiger partial charge < -0.3 is 14.2 Å². The summed E-state index contributed by atoms with van der Waals surface area (Å²) in [5, 5.41) is 7.70. The Morgan fingerprint density at radius 2 is 1.45 bits per heavy atom. The van der Waals surface area contributed by atoms with Gasteiger partial charge >= 0.3 is 0 Å². The summed E-state index contributed by atoms with van der Waals surface area (Å²) < 4.78 is 17.5. The van der Waals surface area contributed by atoms with Gasteiger partial charge in [0.15, 0.2) is 5.82 Å². The minimum atomic E-state index is 0.334. The van der Waals surface area contributed by atoms with Gasteiger partial charge in [-0.15, -0.1) is 0 Å². The van der Waals surface area contributed by atoms with Crippen LogP contribution < -0.4 is 14.2 Å². The van der Waals surface area contributed by atoms with Gasteiger partial charge in [-0.3, -0.25) is 5.10 Å². The Balaban J connectivity index is 1.13. The monoisotopic (exact) mass is 438 g/mol. The molecule has 0 aliphatic heterocycles. The van der Waals surface area contributed by atoms with Crippen LogP contribution in [0.3, 0.4) is 0 Å². The van der Waals surface area contributed by atoms with Crippen molar-refractivity contribution < 1.29 is 14.2 Å². The number of fused-ring (bicyclic) bond motifs is 1. The highest BCUT2D eigenvalue weighted by atomic mass is 16.5. The number of nitrogens with zero attached hydrogens (tertiary/aromatic N) is 3. The van der Waals surface area contributed by atoms with E-state index in [4.69, 9.17) is 14.2 Å². The smallest absolute Gasteiger partial charge is 0.162 e. The average molecular weight is 438 g/mol. The van der Waals surface area contributed by atoms with E-state index in [1.807, 2.05) is 78.9 Å². The minimum absolute atomic E-state index is 0.334. The highest BCUT2D eigenvalue weighted by Gasteiger charge is 2.03. The van der Waals surface area contributed by atoms with Crippen LogP contribution in [-0.4, -0.2) is 20.2 Å². The van der Waals surface area contributed by atoms with Crippen LogP contribution in [0.1, 0.15) is 17.1 Å². The van der Waals surface area contributed by atoms with Gasteiger partial charge in [-0.1, -0.05) is 36.4 Å². The maximum absolute atomic E-state index is 5.91. The molecule has 2 aromatic heterocycles. The summed E-state index contributed by atoms with van der Waals surface area (Å²) in [5.41, 5.74) is 2.86. The number of benzene rings is 3. The Kier molecular flexibility index (Phi) is 6.11. The van der Waals surface area contributed by atoms with Crippen molar-refractivity contribution in [2.75, 3.05) is 0 Å². The van der Waals surface area contributed by atoms with Gasteiger partial charge in [0.05, 0.1) is 11.2 Å². The second-order valence-electron chi connectivity index (χ2n) is 7.41. The molecule has 7 heteroatoms. The van der Waals surface area contributed by atoms with E-state index < -0.39 is 0 Å². The lowest BCUT2D eigenvalue weighted by Crippen LogP contribution is -2.00. The molecule has 0 unspecified atom stereocenters. The molecule has 0 aliphatic carbocycles. The molecule has 1 N–H and O–H groups in total. The van der Waals surface area contributed by atoms with Crippen molar-refractivity contribution in [3.05, 3.63) is 108 Å². The predicted octanol–water partition coefficient (Wildman–Crippen LogP) is 5.09.